The van der Waals surface area contributed by atoms with Crippen molar-refractivity contribution in [2.45, 2.75) is 59.1 Å². The molecular formula is C17H32N4O3. The molecule has 0 spiro atoms. The molecule has 2 N–H and O–H groups in total. The van der Waals surface area contributed by atoms with Gasteiger partial charge in [0, 0.05) is 18.9 Å². The molecule has 0 aromatic carbocycles. The summed E-state index contributed by atoms with van der Waals surface area (Å²) in [4.78, 5) is 11.4. The number of nitrogens with zero attached hydrogens (tertiary/aromatic N) is 3. The van der Waals surface area contributed by atoms with Crippen molar-refractivity contribution in [3.8, 4) is 0 Å². The van der Waals surface area contributed by atoms with Crippen molar-refractivity contribution in [2.24, 2.45) is 11.7 Å². The maximum absolute atomic E-state index is 11.4. The van der Waals surface area contributed by atoms with Crippen LogP contribution >= 0.6 is 0 Å². The van der Waals surface area contributed by atoms with Gasteiger partial charge in [0.2, 0.25) is 0 Å². The van der Waals surface area contributed by atoms with Gasteiger partial charge in [0.15, 0.2) is 0 Å². The molecule has 0 fully saturated rings. The number of nitrogens with two attached hydrogens (primary N) is 1. The number of ether oxygens (including phenoxy) is 2. The lowest BCUT2D eigenvalue weighted by atomic mass is 10.1. The van der Waals surface area contributed by atoms with E-state index in [0.717, 1.165) is 31.6 Å². The molecule has 0 amide bonds. The van der Waals surface area contributed by atoms with E-state index in [1.165, 1.54) is 12.8 Å². The van der Waals surface area contributed by atoms with Crippen LogP contribution < -0.4 is 5.73 Å². The predicted molar refractivity (Wildman–Crippen MR) is 92.5 cm³/mol. The Kier molecular flexibility index (Phi) is 11.3. The van der Waals surface area contributed by atoms with Crippen LogP contribution in [0.25, 0.3) is 0 Å². The van der Waals surface area contributed by atoms with Crippen molar-refractivity contribution in [1.82, 2.24) is 15.0 Å². The third kappa shape index (κ3) is 9.75. The van der Waals surface area contributed by atoms with Crippen LogP contribution in [0.2, 0.25) is 0 Å². The van der Waals surface area contributed by atoms with E-state index >= 15 is 0 Å². The van der Waals surface area contributed by atoms with Gasteiger partial charge in [0.05, 0.1) is 32.6 Å². The summed E-state index contributed by atoms with van der Waals surface area (Å²) in [5, 5.41) is 8.18. The van der Waals surface area contributed by atoms with Gasteiger partial charge >= 0.3 is 0 Å². The number of unbranched alkanes of at least 4 members (excludes halogenated alkanes) is 3. The zero-order valence-corrected chi connectivity index (χ0v) is 15.1. The molecule has 0 unspecified atom stereocenters. The second-order valence-corrected chi connectivity index (χ2v) is 6.21. The fourth-order valence-electron chi connectivity index (χ4n) is 2.14. The molecule has 0 aliphatic rings. The number of aromatic nitrogens is 3. The molecular weight excluding hydrogens is 308 g/mol. The number of ketones is 1. The maximum Gasteiger partial charge on any atom is 0.137 e. The molecule has 7 nitrogen and oxygen atoms in total. The van der Waals surface area contributed by atoms with Gasteiger partial charge in [-0.05, 0) is 19.4 Å². The Bertz CT molecular complexity index is 449. The zero-order valence-electron chi connectivity index (χ0n) is 15.1. The first-order valence-electron chi connectivity index (χ1n) is 8.90. The van der Waals surface area contributed by atoms with E-state index in [1.54, 1.807) is 0 Å². The highest BCUT2D eigenvalue weighted by Crippen LogP contribution is 2.03. The normalized spacial score (nSPS) is 11.3. The van der Waals surface area contributed by atoms with Gasteiger partial charge in [0.1, 0.15) is 11.5 Å². The molecule has 0 aliphatic heterocycles. The summed E-state index contributed by atoms with van der Waals surface area (Å²) < 4.78 is 12.7. The molecule has 1 aromatic heterocycles. The SMILES string of the molecule is CC(C)C(=O)CCOCCOCc1cn(CCCCCCN)nn1. The summed E-state index contributed by atoms with van der Waals surface area (Å²) >= 11 is 0. The molecule has 0 saturated heterocycles. The Morgan fingerprint density at radius 1 is 1.17 bits per heavy atom. The summed E-state index contributed by atoms with van der Waals surface area (Å²) in [6, 6.07) is 0. The Balaban J connectivity index is 2.00. The fraction of sp³-hybridized carbons (Fsp3) is 0.824. The minimum Gasteiger partial charge on any atom is -0.379 e. The van der Waals surface area contributed by atoms with Crippen molar-refractivity contribution < 1.29 is 14.3 Å². The number of Topliss-reactive ketones (excluding diaryl/α,β-unsaturated/α-hetero) is 1. The highest BCUT2D eigenvalue weighted by Gasteiger charge is 2.06. The van der Waals surface area contributed by atoms with Crippen molar-refractivity contribution in [3.05, 3.63) is 11.9 Å². The minimum absolute atomic E-state index is 0.0770. The first kappa shape index (κ1) is 20.7. The van der Waals surface area contributed by atoms with Gasteiger partial charge < -0.3 is 15.2 Å². The molecule has 1 rings (SSSR count). The summed E-state index contributed by atoms with van der Waals surface area (Å²) in [5.74, 6) is 0.309. The summed E-state index contributed by atoms with van der Waals surface area (Å²) in [5.41, 5.74) is 6.30. The standard InChI is InChI=1S/C17H32N4O3/c1-15(2)17(22)7-10-23-11-12-24-14-16-13-21(20-19-16)9-6-4-3-5-8-18/h13,15H,3-12,14,18H2,1-2H3. The Morgan fingerprint density at radius 2 is 1.92 bits per heavy atom. The quantitative estimate of drug-likeness (QED) is 0.491. The average Bonchev–Trinajstić information content (AvgIpc) is 3.01. The monoisotopic (exact) mass is 340 g/mol. The van der Waals surface area contributed by atoms with Crippen LogP contribution in [0.1, 0.15) is 51.6 Å². The minimum atomic E-state index is 0.0770. The highest BCUT2D eigenvalue weighted by atomic mass is 16.5. The molecule has 0 atom stereocenters. The lowest BCUT2D eigenvalue weighted by Crippen LogP contribution is -2.12. The summed E-state index contributed by atoms with van der Waals surface area (Å²) in [7, 11) is 0. The number of carbonyl (C=O) groups excluding carboxylic acids is 1. The highest BCUT2D eigenvalue weighted by molar-refractivity contribution is 5.80. The van der Waals surface area contributed by atoms with E-state index in [1.807, 2.05) is 24.7 Å². The molecule has 1 heterocycles. The molecule has 138 valence electrons. The number of hydrogen-bond donors (Lipinski definition) is 1. The van der Waals surface area contributed by atoms with Crippen LogP contribution in [0.3, 0.4) is 0 Å². The van der Waals surface area contributed by atoms with Gasteiger partial charge in [-0.15, -0.1) is 5.10 Å². The van der Waals surface area contributed by atoms with Crippen LogP contribution in [0.15, 0.2) is 6.20 Å². The first-order chi connectivity index (χ1) is 11.6. The molecule has 0 saturated carbocycles. The molecule has 0 bridgehead atoms. The van der Waals surface area contributed by atoms with Gasteiger partial charge in [-0.25, -0.2) is 0 Å². The number of rotatable bonds is 15. The molecule has 1 aromatic rings. The van der Waals surface area contributed by atoms with Gasteiger partial charge in [-0.2, -0.15) is 0 Å². The molecule has 7 heteroatoms. The lowest BCUT2D eigenvalue weighted by molar-refractivity contribution is -0.123. The Labute approximate surface area is 144 Å². The van der Waals surface area contributed by atoms with Gasteiger partial charge in [-0.1, -0.05) is 31.9 Å². The second-order valence-electron chi connectivity index (χ2n) is 6.21. The van der Waals surface area contributed by atoms with Gasteiger partial charge in [0.25, 0.3) is 0 Å². The smallest absolute Gasteiger partial charge is 0.137 e. The van der Waals surface area contributed by atoms with E-state index in [0.29, 0.717) is 32.8 Å². The third-order valence-corrected chi connectivity index (χ3v) is 3.69. The number of carbonyl (C=O) groups is 1. The fourth-order valence-corrected chi connectivity index (χ4v) is 2.14. The van der Waals surface area contributed by atoms with Crippen LogP contribution in [-0.4, -0.2) is 47.1 Å². The first-order valence-corrected chi connectivity index (χ1v) is 8.90. The van der Waals surface area contributed by atoms with E-state index in [-0.39, 0.29) is 11.7 Å². The van der Waals surface area contributed by atoms with Crippen molar-refractivity contribution in [3.63, 3.8) is 0 Å². The van der Waals surface area contributed by atoms with E-state index in [2.05, 4.69) is 10.3 Å². The van der Waals surface area contributed by atoms with Gasteiger partial charge in [-0.3, -0.25) is 9.48 Å². The van der Waals surface area contributed by atoms with Crippen molar-refractivity contribution >= 4 is 5.78 Å². The van der Waals surface area contributed by atoms with Crippen LogP contribution in [0.5, 0.6) is 0 Å². The Hall–Kier alpha value is -1.31. The molecule has 0 radical (unpaired) electrons. The number of aryl methyl sites for hydroxylation is 1. The third-order valence-electron chi connectivity index (χ3n) is 3.69. The zero-order chi connectivity index (χ0) is 17.6. The second kappa shape index (κ2) is 13.0. The largest absolute Gasteiger partial charge is 0.379 e. The topological polar surface area (TPSA) is 92.3 Å². The van der Waals surface area contributed by atoms with E-state index in [4.69, 9.17) is 15.2 Å². The van der Waals surface area contributed by atoms with E-state index in [9.17, 15) is 4.79 Å². The summed E-state index contributed by atoms with van der Waals surface area (Å²) in [6.07, 6.45) is 6.91. The maximum atomic E-state index is 11.4. The Morgan fingerprint density at radius 3 is 2.67 bits per heavy atom. The molecule has 0 aliphatic carbocycles. The predicted octanol–water partition coefficient (Wildman–Crippen LogP) is 1.95. The van der Waals surface area contributed by atoms with Crippen molar-refractivity contribution in [2.75, 3.05) is 26.4 Å². The lowest BCUT2D eigenvalue weighted by Gasteiger charge is -2.06. The van der Waals surface area contributed by atoms with E-state index < -0.39 is 0 Å². The average molecular weight is 340 g/mol. The molecule has 24 heavy (non-hydrogen) atoms. The van der Waals surface area contributed by atoms with Crippen LogP contribution in [0.4, 0.5) is 0 Å². The number of hydrogen-bond acceptors (Lipinski definition) is 6. The van der Waals surface area contributed by atoms with Crippen LogP contribution in [0, 0.1) is 5.92 Å². The summed E-state index contributed by atoms with van der Waals surface area (Å²) in [6.45, 7) is 7.31. The van der Waals surface area contributed by atoms with Crippen molar-refractivity contribution in [1.29, 1.82) is 0 Å². The van der Waals surface area contributed by atoms with Crippen LogP contribution in [-0.2, 0) is 27.4 Å².